The monoisotopic (exact) mass is 403 g/mol. The summed E-state index contributed by atoms with van der Waals surface area (Å²) in [7, 11) is 0. The zero-order valence-electron chi connectivity index (χ0n) is 13.0. The summed E-state index contributed by atoms with van der Waals surface area (Å²) >= 11 is 3.29. The van der Waals surface area contributed by atoms with Gasteiger partial charge in [0, 0.05) is 10.2 Å². The van der Waals surface area contributed by atoms with Crippen molar-refractivity contribution in [3.63, 3.8) is 0 Å². The highest BCUT2D eigenvalue weighted by Crippen LogP contribution is 2.30. The molecule has 0 saturated heterocycles. The number of halogens is 1. The summed E-state index contributed by atoms with van der Waals surface area (Å²) in [6.45, 7) is 1.00. The van der Waals surface area contributed by atoms with Gasteiger partial charge in [-0.15, -0.1) is 0 Å². The number of carbonyl (C=O) groups excluding carboxylic acids is 2. The van der Waals surface area contributed by atoms with Gasteiger partial charge in [-0.3, -0.25) is 9.59 Å². The van der Waals surface area contributed by atoms with Crippen LogP contribution in [0.5, 0.6) is 11.5 Å². The molecule has 2 amide bonds. The van der Waals surface area contributed by atoms with E-state index in [4.69, 9.17) is 9.47 Å². The molecule has 0 atom stereocenters. The van der Waals surface area contributed by atoms with Crippen LogP contribution in [0.1, 0.15) is 5.56 Å². The van der Waals surface area contributed by atoms with Crippen molar-refractivity contribution in [3.05, 3.63) is 52.5 Å². The molecule has 1 heterocycles. The topological polar surface area (TPSA) is 89.0 Å². The van der Waals surface area contributed by atoms with Gasteiger partial charge in [-0.2, -0.15) is 5.10 Å². The van der Waals surface area contributed by atoms with Crippen LogP contribution in [-0.4, -0.2) is 31.2 Å². The summed E-state index contributed by atoms with van der Waals surface area (Å²) < 4.78 is 11.7. The molecule has 7 nitrogen and oxygen atoms in total. The van der Waals surface area contributed by atoms with Gasteiger partial charge in [0.25, 0.3) is 0 Å². The van der Waals surface area contributed by atoms with Crippen molar-refractivity contribution in [2.24, 2.45) is 5.10 Å². The second-order valence-electron chi connectivity index (χ2n) is 5.07. The number of hydrogen-bond acceptors (Lipinski definition) is 5. The molecule has 0 unspecified atom stereocenters. The van der Waals surface area contributed by atoms with E-state index >= 15 is 0 Å². The fourth-order valence-electron chi connectivity index (χ4n) is 2.11. The van der Waals surface area contributed by atoms with E-state index in [9.17, 15) is 9.59 Å². The van der Waals surface area contributed by atoms with E-state index in [1.807, 2.05) is 6.07 Å². The number of fused-ring (bicyclic) bond motifs is 1. The molecular formula is C17H14BrN3O4. The van der Waals surface area contributed by atoms with Crippen LogP contribution >= 0.6 is 15.9 Å². The van der Waals surface area contributed by atoms with Crippen LogP contribution in [0.4, 0.5) is 5.69 Å². The van der Waals surface area contributed by atoms with E-state index in [-0.39, 0.29) is 0 Å². The minimum absolute atomic E-state index is 0.486. The third-order valence-corrected chi connectivity index (χ3v) is 3.73. The number of amides is 2. The van der Waals surface area contributed by atoms with Crippen LogP contribution in [0.3, 0.4) is 0 Å². The predicted octanol–water partition coefficient (Wildman–Crippen LogP) is 2.31. The quantitative estimate of drug-likeness (QED) is 0.467. The first kappa shape index (κ1) is 17.0. The molecule has 0 radical (unpaired) electrons. The van der Waals surface area contributed by atoms with Crippen LogP contribution in [0.25, 0.3) is 0 Å². The van der Waals surface area contributed by atoms with E-state index in [0.717, 1.165) is 4.47 Å². The maximum Gasteiger partial charge on any atom is 0.329 e. The molecule has 3 rings (SSSR count). The van der Waals surface area contributed by atoms with E-state index in [1.54, 1.807) is 36.4 Å². The Hall–Kier alpha value is -2.87. The first-order valence-corrected chi connectivity index (χ1v) is 8.21. The number of nitrogens with one attached hydrogen (secondary N) is 2. The van der Waals surface area contributed by atoms with Crippen LogP contribution in [0, 0.1) is 0 Å². The van der Waals surface area contributed by atoms with Crippen LogP contribution in [-0.2, 0) is 9.59 Å². The first-order chi connectivity index (χ1) is 12.1. The minimum Gasteiger partial charge on any atom is -0.486 e. The maximum absolute atomic E-state index is 11.8. The number of benzene rings is 2. The van der Waals surface area contributed by atoms with Crippen molar-refractivity contribution >= 4 is 39.6 Å². The lowest BCUT2D eigenvalue weighted by molar-refractivity contribution is -0.136. The highest BCUT2D eigenvalue weighted by atomic mass is 79.9. The Morgan fingerprint density at radius 1 is 1.04 bits per heavy atom. The smallest absolute Gasteiger partial charge is 0.329 e. The lowest BCUT2D eigenvalue weighted by Gasteiger charge is -2.18. The lowest BCUT2D eigenvalue weighted by atomic mass is 10.2. The highest BCUT2D eigenvalue weighted by molar-refractivity contribution is 9.10. The molecule has 1 aliphatic rings. The van der Waals surface area contributed by atoms with E-state index in [1.165, 1.54) is 6.21 Å². The maximum atomic E-state index is 11.8. The first-order valence-electron chi connectivity index (χ1n) is 7.41. The van der Waals surface area contributed by atoms with Crippen LogP contribution < -0.4 is 20.2 Å². The highest BCUT2D eigenvalue weighted by Gasteiger charge is 2.13. The summed E-state index contributed by atoms with van der Waals surface area (Å²) in [5.74, 6) is -0.388. The average Bonchev–Trinajstić information content (AvgIpc) is 2.61. The van der Waals surface area contributed by atoms with Crippen molar-refractivity contribution in [2.75, 3.05) is 18.5 Å². The van der Waals surface area contributed by atoms with E-state index < -0.39 is 11.8 Å². The lowest BCUT2D eigenvalue weighted by Crippen LogP contribution is -2.32. The number of anilines is 1. The van der Waals surface area contributed by atoms with Crippen molar-refractivity contribution in [1.82, 2.24) is 5.43 Å². The van der Waals surface area contributed by atoms with Gasteiger partial charge in [-0.25, -0.2) is 5.43 Å². The zero-order chi connectivity index (χ0) is 17.6. The molecule has 0 aromatic heterocycles. The Morgan fingerprint density at radius 3 is 2.64 bits per heavy atom. The average molecular weight is 404 g/mol. The van der Waals surface area contributed by atoms with Gasteiger partial charge in [0.2, 0.25) is 0 Å². The number of carbonyl (C=O) groups is 2. The number of rotatable bonds is 3. The Balaban J connectivity index is 1.56. The second-order valence-corrected chi connectivity index (χ2v) is 5.98. The van der Waals surface area contributed by atoms with Gasteiger partial charge in [-0.05, 0) is 42.0 Å². The SMILES string of the molecule is O=C(N/N=C/c1ccc2c(c1)OCCO2)C(=O)Nc1cccc(Br)c1. The third kappa shape index (κ3) is 4.57. The summed E-state index contributed by atoms with van der Waals surface area (Å²) in [4.78, 5) is 23.6. The van der Waals surface area contributed by atoms with Crippen molar-refractivity contribution < 1.29 is 19.1 Å². The molecule has 0 aliphatic carbocycles. The van der Waals surface area contributed by atoms with Crippen LogP contribution in [0.15, 0.2) is 52.0 Å². The van der Waals surface area contributed by atoms with Crippen molar-refractivity contribution in [1.29, 1.82) is 0 Å². The molecule has 0 saturated carbocycles. The molecule has 0 bridgehead atoms. The molecule has 0 fully saturated rings. The number of ether oxygens (including phenoxy) is 2. The van der Waals surface area contributed by atoms with Crippen LogP contribution in [0.2, 0.25) is 0 Å². The second kappa shape index (κ2) is 7.80. The zero-order valence-corrected chi connectivity index (χ0v) is 14.6. The minimum atomic E-state index is -0.867. The number of hydrogen-bond donors (Lipinski definition) is 2. The molecule has 2 aromatic rings. The Kier molecular flexibility index (Phi) is 5.30. The molecule has 25 heavy (non-hydrogen) atoms. The summed E-state index contributed by atoms with van der Waals surface area (Å²) in [5, 5.41) is 6.26. The number of nitrogens with zero attached hydrogens (tertiary/aromatic N) is 1. The van der Waals surface area contributed by atoms with Gasteiger partial charge in [0.05, 0.1) is 6.21 Å². The fraction of sp³-hybridized carbons (Fsp3) is 0.118. The molecule has 2 aromatic carbocycles. The molecule has 1 aliphatic heterocycles. The molecule has 8 heteroatoms. The Labute approximate surface area is 152 Å². The molecule has 2 N–H and O–H groups in total. The van der Waals surface area contributed by atoms with Gasteiger partial charge in [0.1, 0.15) is 13.2 Å². The fourth-order valence-corrected chi connectivity index (χ4v) is 2.51. The van der Waals surface area contributed by atoms with Gasteiger partial charge < -0.3 is 14.8 Å². The van der Waals surface area contributed by atoms with Gasteiger partial charge in [-0.1, -0.05) is 22.0 Å². The van der Waals surface area contributed by atoms with E-state index in [0.29, 0.717) is 36.0 Å². The standard InChI is InChI=1S/C17H14BrN3O4/c18-12-2-1-3-13(9-12)20-16(22)17(23)21-19-10-11-4-5-14-15(8-11)25-7-6-24-14/h1-5,8-10H,6-7H2,(H,20,22)(H,21,23)/b19-10+. The molecule has 128 valence electrons. The Bertz CT molecular complexity index is 838. The largest absolute Gasteiger partial charge is 0.486 e. The van der Waals surface area contributed by atoms with E-state index in [2.05, 4.69) is 31.8 Å². The summed E-state index contributed by atoms with van der Waals surface area (Å²) in [5.41, 5.74) is 3.39. The normalized spacial score (nSPS) is 12.7. The third-order valence-electron chi connectivity index (χ3n) is 3.23. The van der Waals surface area contributed by atoms with Crippen molar-refractivity contribution in [3.8, 4) is 11.5 Å². The molecular weight excluding hydrogens is 390 g/mol. The molecule has 0 spiro atoms. The predicted molar refractivity (Wildman–Crippen MR) is 95.9 cm³/mol. The van der Waals surface area contributed by atoms with Gasteiger partial charge >= 0.3 is 11.8 Å². The van der Waals surface area contributed by atoms with Crippen molar-refractivity contribution in [2.45, 2.75) is 0 Å². The Morgan fingerprint density at radius 2 is 1.84 bits per heavy atom. The van der Waals surface area contributed by atoms with Gasteiger partial charge in [0.15, 0.2) is 11.5 Å². The number of hydrazone groups is 1. The summed E-state index contributed by atoms with van der Waals surface area (Å²) in [6, 6.07) is 12.2. The summed E-state index contributed by atoms with van der Waals surface area (Å²) in [6.07, 6.45) is 1.42.